The topological polar surface area (TPSA) is 17.1 Å². The van der Waals surface area contributed by atoms with Crippen LogP contribution in [0.2, 0.25) is 0 Å². The van der Waals surface area contributed by atoms with Crippen LogP contribution in [0.15, 0.2) is 48.5 Å². The van der Waals surface area contributed by atoms with E-state index in [1.807, 2.05) is 31.2 Å². The van der Waals surface area contributed by atoms with Gasteiger partial charge in [0.05, 0.1) is 0 Å². The van der Waals surface area contributed by atoms with Crippen molar-refractivity contribution >= 4 is 5.78 Å². The molecule has 0 spiro atoms. The summed E-state index contributed by atoms with van der Waals surface area (Å²) in [6, 6.07) is 17.6. The smallest absolute Gasteiger partial charge is 0.193 e. The molecule has 2 aromatic carbocycles. The van der Waals surface area contributed by atoms with E-state index >= 15 is 0 Å². The third-order valence-corrected chi connectivity index (χ3v) is 2.29. The zero-order valence-corrected chi connectivity index (χ0v) is 8.53. The summed E-state index contributed by atoms with van der Waals surface area (Å²) in [5.74, 6) is 0.0593. The zero-order chi connectivity index (χ0) is 10.7. The Morgan fingerprint density at radius 3 is 2.07 bits per heavy atom. The second-order valence-corrected chi connectivity index (χ2v) is 3.48. The van der Waals surface area contributed by atoms with E-state index in [4.69, 9.17) is 0 Å². The summed E-state index contributed by atoms with van der Waals surface area (Å²) in [4.78, 5) is 11.9. The summed E-state index contributed by atoms with van der Waals surface area (Å²) in [7, 11) is 0. The van der Waals surface area contributed by atoms with Gasteiger partial charge in [0.15, 0.2) is 5.78 Å². The lowest BCUT2D eigenvalue weighted by atomic mass is 10.0. The Hall–Kier alpha value is -1.89. The highest BCUT2D eigenvalue weighted by atomic mass is 16.1. The first-order valence-electron chi connectivity index (χ1n) is 4.85. The van der Waals surface area contributed by atoms with Crippen LogP contribution in [0, 0.1) is 13.0 Å². The van der Waals surface area contributed by atoms with Gasteiger partial charge in [-0.2, -0.15) is 0 Å². The Morgan fingerprint density at radius 1 is 0.933 bits per heavy atom. The summed E-state index contributed by atoms with van der Waals surface area (Å²) in [6.45, 7) is 2.01. The average Bonchev–Trinajstić information content (AvgIpc) is 2.30. The summed E-state index contributed by atoms with van der Waals surface area (Å²) in [5, 5.41) is 0. The normalized spacial score (nSPS) is 9.93. The molecule has 15 heavy (non-hydrogen) atoms. The Balaban J connectivity index is 2.33. The van der Waals surface area contributed by atoms with Crippen molar-refractivity contribution < 1.29 is 4.79 Å². The van der Waals surface area contributed by atoms with E-state index in [0.717, 1.165) is 11.1 Å². The first-order chi connectivity index (χ1) is 7.27. The van der Waals surface area contributed by atoms with Crippen LogP contribution in [-0.4, -0.2) is 5.78 Å². The Labute approximate surface area is 89.4 Å². The molecule has 0 bridgehead atoms. The predicted molar refractivity (Wildman–Crippen MR) is 59.9 cm³/mol. The van der Waals surface area contributed by atoms with Crippen molar-refractivity contribution in [1.82, 2.24) is 0 Å². The largest absolute Gasteiger partial charge is 0.289 e. The fourth-order valence-corrected chi connectivity index (χ4v) is 1.41. The van der Waals surface area contributed by atoms with E-state index in [2.05, 4.69) is 6.07 Å². The first-order valence-corrected chi connectivity index (χ1v) is 4.85. The van der Waals surface area contributed by atoms with Crippen LogP contribution in [-0.2, 0) is 0 Å². The molecular formula is C14H11O. The number of benzene rings is 2. The number of rotatable bonds is 2. The third-order valence-electron chi connectivity index (χ3n) is 2.29. The monoisotopic (exact) mass is 195 g/mol. The van der Waals surface area contributed by atoms with Gasteiger partial charge in [0, 0.05) is 11.1 Å². The number of ketones is 1. The molecule has 0 aromatic heterocycles. The predicted octanol–water partition coefficient (Wildman–Crippen LogP) is 3.03. The van der Waals surface area contributed by atoms with Gasteiger partial charge in [-0.25, -0.2) is 0 Å². The van der Waals surface area contributed by atoms with Crippen LogP contribution in [0.5, 0.6) is 0 Å². The molecule has 0 amide bonds. The van der Waals surface area contributed by atoms with E-state index < -0.39 is 0 Å². The molecule has 0 heterocycles. The van der Waals surface area contributed by atoms with Gasteiger partial charge in [0.1, 0.15) is 0 Å². The van der Waals surface area contributed by atoms with Crippen molar-refractivity contribution in [2.75, 3.05) is 0 Å². The second-order valence-electron chi connectivity index (χ2n) is 3.48. The van der Waals surface area contributed by atoms with Crippen molar-refractivity contribution in [2.45, 2.75) is 6.92 Å². The molecular weight excluding hydrogens is 184 g/mol. The van der Waals surface area contributed by atoms with Crippen LogP contribution in [0.4, 0.5) is 0 Å². The molecule has 1 heteroatoms. The molecule has 0 fully saturated rings. The molecule has 0 aliphatic heterocycles. The van der Waals surface area contributed by atoms with Crippen molar-refractivity contribution in [3.8, 4) is 0 Å². The Morgan fingerprint density at radius 2 is 1.47 bits per heavy atom. The average molecular weight is 195 g/mol. The Kier molecular flexibility index (Phi) is 2.64. The lowest BCUT2D eigenvalue weighted by molar-refractivity contribution is 0.103. The van der Waals surface area contributed by atoms with Gasteiger partial charge >= 0.3 is 0 Å². The molecule has 0 saturated heterocycles. The second kappa shape index (κ2) is 4.09. The SMILES string of the molecule is Cc1ccc(C(=O)c2cc[c]cc2)cc1. The highest BCUT2D eigenvalue weighted by Crippen LogP contribution is 2.10. The molecule has 1 nitrogen and oxygen atoms in total. The fourth-order valence-electron chi connectivity index (χ4n) is 1.41. The minimum atomic E-state index is 0.0593. The maximum Gasteiger partial charge on any atom is 0.193 e. The van der Waals surface area contributed by atoms with E-state index in [9.17, 15) is 4.79 Å². The molecule has 0 N–H and O–H groups in total. The number of hydrogen-bond acceptors (Lipinski definition) is 1. The molecule has 2 rings (SSSR count). The van der Waals surface area contributed by atoms with Gasteiger partial charge in [-0.3, -0.25) is 4.79 Å². The number of aryl methyl sites for hydroxylation is 1. The third kappa shape index (κ3) is 2.13. The minimum absolute atomic E-state index is 0.0593. The molecule has 1 radical (unpaired) electrons. The number of carbonyl (C=O) groups excluding carboxylic acids is 1. The van der Waals surface area contributed by atoms with Gasteiger partial charge in [0.25, 0.3) is 0 Å². The van der Waals surface area contributed by atoms with Crippen molar-refractivity contribution in [1.29, 1.82) is 0 Å². The van der Waals surface area contributed by atoms with Crippen LogP contribution in [0.3, 0.4) is 0 Å². The van der Waals surface area contributed by atoms with Gasteiger partial charge < -0.3 is 0 Å². The van der Waals surface area contributed by atoms with Crippen LogP contribution in [0.25, 0.3) is 0 Å². The maximum absolute atomic E-state index is 11.9. The molecule has 0 aliphatic carbocycles. The zero-order valence-electron chi connectivity index (χ0n) is 8.53. The molecule has 0 aliphatic rings. The molecule has 73 valence electrons. The number of carbonyl (C=O) groups is 1. The molecule has 0 saturated carbocycles. The Bertz CT molecular complexity index is 454. The summed E-state index contributed by atoms with van der Waals surface area (Å²) in [5.41, 5.74) is 2.59. The van der Waals surface area contributed by atoms with Crippen molar-refractivity contribution in [2.24, 2.45) is 0 Å². The van der Waals surface area contributed by atoms with Gasteiger partial charge in [-0.1, -0.05) is 54.1 Å². The fraction of sp³-hybridized carbons (Fsp3) is 0.0714. The number of hydrogen-bond donors (Lipinski definition) is 0. The van der Waals surface area contributed by atoms with Gasteiger partial charge in [-0.15, -0.1) is 0 Å². The van der Waals surface area contributed by atoms with Crippen LogP contribution >= 0.6 is 0 Å². The lowest BCUT2D eigenvalue weighted by Crippen LogP contribution is -2.00. The molecule has 0 unspecified atom stereocenters. The minimum Gasteiger partial charge on any atom is -0.289 e. The van der Waals surface area contributed by atoms with E-state index in [0.29, 0.717) is 5.56 Å². The standard InChI is InChI=1S/C14H11O/c1-11-7-9-13(10-8-11)14(15)12-5-3-2-4-6-12/h3-10H,1H3. The highest BCUT2D eigenvalue weighted by Gasteiger charge is 2.06. The van der Waals surface area contributed by atoms with E-state index in [-0.39, 0.29) is 5.78 Å². The summed E-state index contributed by atoms with van der Waals surface area (Å²) >= 11 is 0. The van der Waals surface area contributed by atoms with Crippen molar-refractivity contribution in [3.05, 3.63) is 71.3 Å². The lowest BCUT2D eigenvalue weighted by Gasteiger charge is -2.00. The van der Waals surface area contributed by atoms with Gasteiger partial charge in [0.2, 0.25) is 0 Å². The van der Waals surface area contributed by atoms with Gasteiger partial charge in [-0.05, 0) is 13.0 Å². The summed E-state index contributed by atoms with van der Waals surface area (Å²) in [6.07, 6.45) is 0. The summed E-state index contributed by atoms with van der Waals surface area (Å²) < 4.78 is 0. The van der Waals surface area contributed by atoms with Crippen LogP contribution < -0.4 is 0 Å². The van der Waals surface area contributed by atoms with E-state index in [1.54, 1.807) is 24.3 Å². The first kappa shape index (κ1) is 9.66. The quantitative estimate of drug-likeness (QED) is 0.673. The van der Waals surface area contributed by atoms with Crippen LogP contribution in [0.1, 0.15) is 21.5 Å². The maximum atomic E-state index is 11.9. The van der Waals surface area contributed by atoms with E-state index in [1.165, 1.54) is 0 Å². The molecule has 2 aromatic rings. The van der Waals surface area contributed by atoms with Crippen molar-refractivity contribution in [3.63, 3.8) is 0 Å². The highest BCUT2D eigenvalue weighted by molar-refractivity contribution is 6.08. The molecule has 0 atom stereocenters.